The van der Waals surface area contributed by atoms with Crippen LogP contribution in [-0.2, 0) is 19.1 Å². The van der Waals surface area contributed by atoms with E-state index in [0.29, 0.717) is 25.7 Å². The van der Waals surface area contributed by atoms with Gasteiger partial charge in [-0.25, -0.2) is 4.79 Å². The predicted molar refractivity (Wildman–Crippen MR) is 71.3 cm³/mol. The third kappa shape index (κ3) is 13.0. The maximum atomic E-state index is 11.3. The fourth-order valence-corrected chi connectivity index (χ4v) is 1.50. The molecule has 0 bridgehead atoms. The van der Waals surface area contributed by atoms with E-state index in [-0.39, 0.29) is 25.7 Å². The summed E-state index contributed by atoms with van der Waals surface area (Å²) in [7, 11) is 0. The van der Waals surface area contributed by atoms with Gasteiger partial charge in [0, 0.05) is 0 Å². The van der Waals surface area contributed by atoms with Crippen LogP contribution in [-0.4, -0.2) is 48.1 Å². The van der Waals surface area contributed by atoms with Gasteiger partial charge in [-0.1, -0.05) is 0 Å². The second-order valence-electron chi connectivity index (χ2n) is 3.96. The predicted octanol–water partition coefficient (Wildman–Crippen LogP) is 1.72. The van der Waals surface area contributed by atoms with Crippen molar-refractivity contribution in [1.82, 2.24) is 0 Å². The summed E-state index contributed by atoms with van der Waals surface area (Å²) < 4.78 is 9.63. The number of hydrogen-bond acceptors (Lipinski definition) is 9. The van der Waals surface area contributed by atoms with E-state index in [4.69, 9.17) is 21.1 Å². The molecule has 128 valence electrons. The Balaban J connectivity index is 3.64. The molecule has 0 N–H and O–H groups in total. The largest absolute Gasteiger partial charge is 0.508 e. The highest BCUT2D eigenvalue weighted by Crippen LogP contribution is 2.07. The molecule has 1 unspecified atom stereocenters. The lowest BCUT2D eigenvalue weighted by Gasteiger charge is -2.14. The Morgan fingerprint density at radius 3 is 2.09 bits per heavy atom. The molecular formula is C10H17ClN2O9. The van der Waals surface area contributed by atoms with Crippen molar-refractivity contribution in [3.8, 4) is 0 Å². The molecule has 0 aromatic heterocycles. The zero-order valence-electron chi connectivity index (χ0n) is 11.7. The first-order valence-corrected chi connectivity index (χ1v) is 6.93. The monoisotopic (exact) mass is 344 g/mol. The van der Waals surface area contributed by atoms with Crippen molar-refractivity contribution in [3.63, 3.8) is 0 Å². The van der Waals surface area contributed by atoms with Gasteiger partial charge in [0.1, 0.15) is 6.10 Å². The quantitative estimate of drug-likeness (QED) is 0.160. The van der Waals surface area contributed by atoms with Crippen LogP contribution in [0.15, 0.2) is 0 Å². The SMILES string of the molecule is O=C(OCCCCO[N+](=O)[O-])OC(CCl)CCCO[N+](=O)[O-]. The summed E-state index contributed by atoms with van der Waals surface area (Å²) in [5.74, 6) is 0.0181. The van der Waals surface area contributed by atoms with Crippen LogP contribution < -0.4 is 0 Å². The summed E-state index contributed by atoms with van der Waals surface area (Å²) in [6.45, 7) is -0.166. The molecule has 0 saturated carbocycles. The second-order valence-corrected chi connectivity index (χ2v) is 4.26. The summed E-state index contributed by atoms with van der Waals surface area (Å²) in [6.07, 6.45) is -0.234. The number of halogens is 1. The van der Waals surface area contributed by atoms with E-state index in [1.54, 1.807) is 0 Å². The summed E-state index contributed by atoms with van der Waals surface area (Å²) in [5, 5.41) is 18.0. The molecule has 12 heteroatoms. The highest BCUT2D eigenvalue weighted by atomic mass is 35.5. The summed E-state index contributed by atoms with van der Waals surface area (Å²) in [5.41, 5.74) is 0. The Morgan fingerprint density at radius 1 is 1.00 bits per heavy atom. The zero-order valence-corrected chi connectivity index (χ0v) is 12.4. The van der Waals surface area contributed by atoms with Gasteiger partial charge < -0.3 is 19.1 Å². The van der Waals surface area contributed by atoms with Crippen molar-refractivity contribution in [3.05, 3.63) is 20.2 Å². The number of carbonyl (C=O) groups is 1. The van der Waals surface area contributed by atoms with Gasteiger partial charge in [-0.15, -0.1) is 31.8 Å². The van der Waals surface area contributed by atoms with Crippen LogP contribution in [0.5, 0.6) is 0 Å². The lowest BCUT2D eigenvalue weighted by atomic mass is 10.2. The van der Waals surface area contributed by atoms with Crippen molar-refractivity contribution in [2.24, 2.45) is 0 Å². The molecule has 0 rings (SSSR count). The molecule has 22 heavy (non-hydrogen) atoms. The van der Waals surface area contributed by atoms with E-state index in [9.17, 15) is 25.0 Å². The molecule has 0 fully saturated rings. The van der Waals surface area contributed by atoms with E-state index in [2.05, 4.69) is 9.68 Å². The average Bonchev–Trinajstić information content (AvgIpc) is 2.45. The highest BCUT2D eigenvalue weighted by Gasteiger charge is 2.14. The molecule has 0 radical (unpaired) electrons. The van der Waals surface area contributed by atoms with Gasteiger partial charge in [0.15, 0.2) is 0 Å². The number of alkyl halides is 1. The number of carbonyl (C=O) groups excluding carboxylic acids is 1. The van der Waals surface area contributed by atoms with E-state index in [1.165, 1.54) is 0 Å². The fraction of sp³-hybridized carbons (Fsp3) is 0.900. The molecule has 0 aliphatic rings. The first-order chi connectivity index (χ1) is 10.5. The number of ether oxygens (including phenoxy) is 2. The van der Waals surface area contributed by atoms with Crippen LogP contribution in [0.4, 0.5) is 4.79 Å². The third-order valence-electron chi connectivity index (χ3n) is 2.26. The lowest BCUT2D eigenvalue weighted by Crippen LogP contribution is -2.21. The van der Waals surface area contributed by atoms with Gasteiger partial charge in [0.25, 0.3) is 10.2 Å². The standard InChI is InChI=1S/C10H17ClN2O9/c11-8-9(4-3-7-21-13(17)18)22-10(14)19-5-1-2-6-20-12(15)16/h9H,1-8H2. The van der Waals surface area contributed by atoms with E-state index < -0.39 is 22.4 Å². The van der Waals surface area contributed by atoms with Gasteiger partial charge >= 0.3 is 6.16 Å². The minimum absolute atomic E-state index is 0.0181. The molecule has 0 aliphatic carbocycles. The van der Waals surface area contributed by atoms with Crippen molar-refractivity contribution < 1.29 is 34.1 Å². The summed E-state index contributed by atoms with van der Waals surface area (Å²) in [4.78, 5) is 39.3. The molecule has 0 aromatic rings. The van der Waals surface area contributed by atoms with Gasteiger partial charge in [-0.3, -0.25) is 0 Å². The van der Waals surface area contributed by atoms with E-state index in [1.807, 2.05) is 0 Å². The van der Waals surface area contributed by atoms with Crippen molar-refractivity contribution in [2.75, 3.05) is 25.7 Å². The van der Waals surface area contributed by atoms with E-state index >= 15 is 0 Å². The third-order valence-corrected chi connectivity index (χ3v) is 2.60. The minimum Gasteiger partial charge on any atom is -0.434 e. The Morgan fingerprint density at radius 2 is 1.55 bits per heavy atom. The van der Waals surface area contributed by atoms with Crippen LogP contribution in [0.2, 0.25) is 0 Å². The summed E-state index contributed by atoms with van der Waals surface area (Å²) in [6, 6.07) is 0. The lowest BCUT2D eigenvalue weighted by molar-refractivity contribution is -0.757. The Kier molecular flexibility index (Phi) is 11.5. The molecule has 11 nitrogen and oxygen atoms in total. The van der Waals surface area contributed by atoms with Gasteiger partial charge in [0.2, 0.25) is 0 Å². The average molecular weight is 345 g/mol. The minimum atomic E-state index is -0.920. The fourth-order valence-electron chi connectivity index (χ4n) is 1.29. The van der Waals surface area contributed by atoms with Crippen LogP contribution in [0.3, 0.4) is 0 Å². The molecule has 0 heterocycles. The number of hydrogen-bond donors (Lipinski definition) is 0. The van der Waals surface area contributed by atoms with Gasteiger partial charge in [0.05, 0.1) is 25.7 Å². The van der Waals surface area contributed by atoms with Crippen molar-refractivity contribution in [2.45, 2.75) is 31.8 Å². The molecule has 0 aliphatic heterocycles. The van der Waals surface area contributed by atoms with Crippen LogP contribution in [0.25, 0.3) is 0 Å². The normalized spacial score (nSPS) is 11.3. The Hall–Kier alpha value is -2.04. The molecule has 1 atom stereocenters. The highest BCUT2D eigenvalue weighted by molar-refractivity contribution is 6.18. The van der Waals surface area contributed by atoms with Crippen molar-refractivity contribution in [1.29, 1.82) is 0 Å². The number of nitrogens with zero attached hydrogens (tertiary/aromatic N) is 2. The first-order valence-electron chi connectivity index (χ1n) is 6.39. The smallest absolute Gasteiger partial charge is 0.434 e. The Bertz CT molecular complexity index is 355. The van der Waals surface area contributed by atoms with Crippen LogP contribution in [0.1, 0.15) is 25.7 Å². The molecule has 0 spiro atoms. The van der Waals surface area contributed by atoms with Gasteiger partial charge in [-0.05, 0) is 25.7 Å². The molecule has 0 aromatic carbocycles. The van der Waals surface area contributed by atoms with Crippen molar-refractivity contribution >= 4 is 17.8 Å². The van der Waals surface area contributed by atoms with Crippen LogP contribution in [0, 0.1) is 20.2 Å². The second kappa shape index (κ2) is 12.7. The Labute approximate surface area is 130 Å². The summed E-state index contributed by atoms with van der Waals surface area (Å²) >= 11 is 5.60. The van der Waals surface area contributed by atoms with Gasteiger partial charge in [-0.2, -0.15) is 0 Å². The maximum absolute atomic E-state index is 11.3. The zero-order chi connectivity index (χ0) is 16.8. The van der Waals surface area contributed by atoms with E-state index in [0.717, 1.165) is 0 Å². The number of rotatable bonds is 13. The molecule has 0 saturated heterocycles. The first kappa shape index (κ1) is 20.0. The maximum Gasteiger partial charge on any atom is 0.508 e. The number of unbranched alkanes of at least 4 members (excludes halogenated alkanes) is 1. The van der Waals surface area contributed by atoms with Crippen LogP contribution >= 0.6 is 11.6 Å². The molecular weight excluding hydrogens is 328 g/mol. The topological polar surface area (TPSA) is 140 Å². The molecule has 0 amide bonds.